The molecule has 0 saturated carbocycles. The smallest absolute Gasteiger partial charge is 0.345 e. The quantitative estimate of drug-likeness (QED) is 0.746. The maximum atomic E-state index is 12.9. The van der Waals surface area contributed by atoms with Crippen LogP contribution in [0.3, 0.4) is 0 Å². The Hall–Kier alpha value is -3.32. The second kappa shape index (κ2) is 7.36. The van der Waals surface area contributed by atoms with E-state index in [0.29, 0.717) is 17.9 Å². The lowest BCUT2D eigenvalue weighted by atomic mass is 9.91. The Balaban J connectivity index is 1.66. The highest BCUT2D eigenvalue weighted by Crippen LogP contribution is 2.45. The molecule has 0 aliphatic carbocycles. The van der Waals surface area contributed by atoms with E-state index in [4.69, 9.17) is 9.57 Å². The number of rotatable bonds is 7. The van der Waals surface area contributed by atoms with E-state index in [2.05, 4.69) is 6.58 Å². The van der Waals surface area contributed by atoms with Crippen molar-refractivity contribution in [3.05, 3.63) is 77.9 Å². The van der Waals surface area contributed by atoms with Gasteiger partial charge in [0.05, 0.1) is 6.54 Å². The van der Waals surface area contributed by atoms with Crippen molar-refractivity contribution in [2.24, 2.45) is 0 Å². The van der Waals surface area contributed by atoms with E-state index < -0.39 is 24.1 Å². The van der Waals surface area contributed by atoms with Crippen molar-refractivity contribution in [3.63, 3.8) is 0 Å². The van der Waals surface area contributed by atoms with E-state index in [1.54, 1.807) is 24.3 Å². The van der Waals surface area contributed by atoms with E-state index >= 15 is 0 Å². The summed E-state index contributed by atoms with van der Waals surface area (Å²) in [5, 5.41) is 11.0. The van der Waals surface area contributed by atoms with Gasteiger partial charge in [-0.3, -0.25) is 4.84 Å². The zero-order valence-electron chi connectivity index (χ0n) is 15.2. The second-order valence-corrected chi connectivity index (χ2v) is 6.67. The van der Waals surface area contributed by atoms with Crippen LogP contribution in [0, 0.1) is 0 Å². The Labute approximate surface area is 162 Å². The second-order valence-electron chi connectivity index (χ2n) is 6.67. The maximum absolute atomic E-state index is 12.9. The van der Waals surface area contributed by atoms with Crippen molar-refractivity contribution < 1.29 is 24.3 Å². The SMILES string of the molecule is C=CCOc1ccc2c(c1)C1CN(C(=O)N1OCc1ccccc1)C2C(=O)O. The molecule has 0 spiro atoms. The summed E-state index contributed by atoms with van der Waals surface area (Å²) in [6, 6.07) is 12.8. The van der Waals surface area contributed by atoms with Crippen molar-refractivity contribution in [2.75, 3.05) is 13.2 Å². The molecular formula is C21H20N2O5. The number of hydroxylamine groups is 2. The number of hydrogen-bond acceptors (Lipinski definition) is 4. The van der Waals surface area contributed by atoms with E-state index in [1.165, 1.54) is 9.96 Å². The van der Waals surface area contributed by atoms with Gasteiger partial charge in [0, 0.05) is 0 Å². The molecule has 2 atom stereocenters. The predicted molar refractivity (Wildman–Crippen MR) is 100 cm³/mol. The number of amides is 2. The molecule has 4 rings (SSSR count). The van der Waals surface area contributed by atoms with Crippen molar-refractivity contribution in [1.29, 1.82) is 0 Å². The molecule has 1 saturated heterocycles. The molecule has 2 bridgehead atoms. The Kier molecular flexibility index (Phi) is 4.75. The number of nitrogens with zero attached hydrogens (tertiary/aromatic N) is 2. The first kappa shape index (κ1) is 18.1. The minimum atomic E-state index is -1.07. The van der Waals surface area contributed by atoms with Crippen LogP contribution >= 0.6 is 0 Å². The first-order chi connectivity index (χ1) is 13.6. The fourth-order valence-electron chi connectivity index (χ4n) is 3.67. The average Bonchev–Trinajstić information content (AvgIpc) is 2.98. The molecule has 7 nitrogen and oxygen atoms in total. The number of ether oxygens (including phenoxy) is 1. The molecule has 1 fully saturated rings. The summed E-state index contributed by atoms with van der Waals surface area (Å²) in [7, 11) is 0. The highest BCUT2D eigenvalue weighted by atomic mass is 16.7. The molecule has 2 aromatic carbocycles. The fourth-order valence-corrected chi connectivity index (χ4v) is 3.67. The zero-order chi connectivity index (χ0) is 19.7. The maximum Gasteiger partial charge on any atom is 0.345 e. The summed E-state index contributed by atoms with van der Waals surface area (Å²) in [6.45, 7) is 4.44. The van der Waals surface area contributed by atoms with Gasteiger partial charge in [-0.05, 0) is 28.8 Å². The van der Waals surface area contributed by atoms with Crippen LogP contribution in [0.5, 0.6) is 5.75 Å². The molecule has 2 aromatic rings. The Morgan fingerprint density at radius 3 is 2.71 bits per heavy atom. The van der Waals surface area contributed by atoms with Gasteiger partial charge in [-0.15, -0.1) is 0 Å². The van der Waals surface area contributed by atoms with Gasteiger partial charge >= 0.3 is 12.0 Å². The molecule has 28 heavy (non-hydrogen) atoms. The Bertz CT molecular complexity index is 914. The predicted octanol–water partition coefficient (Wildman–Crippen LogP) is 3.30. The monoisotopic (exact) mass is 380 g/mol. The first-order valence-electron chi connectivity index (χ1n) is 8.97. The van der Waals surface area contributed by atoms with Gasteiger partial charge in [-0.25, -0.2) is 9.59 Å². The summed E-state index contributed by atoms with van der Waals surface area (Å²) in [5.74, 6) is -0.476. The lowest BCUT2D eigenvalue weighted by molar-refractivity contribution is -0.143. The number of hydrogen-bond donors (Lipinski definition) is 1. The number of carboxylic acid groups (broad SMARTS) is 1. The molecule has 7 heteroatoms. The number of urea groups is 1. The molecule has 0 radical (unpaired) electrons. The number of carboxylic acids is 1. The summed E-state index contributed by atoms with van der Waals surface area (Å²) < 4.78 is 5.59. The van der Waals surface area contributed by atoms with Crippen LogP contribution in [0.25, 0.3) is 0 Å². The largest absolute Gasteiger partial charge is 0.490 e. The van der Waals surface area contributed by atoms with Crippen molar-refractivity contribution >= 4 is 12.0 Å². The number of fused-ring (bicyclic) bond motifs is 4. The minimum absolute atomic E-state index is 0.219. The molecule has 2 aliphatic heterocycles. The van der Waals surface area contributed by atoms with Crippen LogP contribution in [-0.4, -0.2) is 40.2 Å². The van der Waals surface area contributed by atoms with Gasteiger partial charge in [-0.1, -0.05) is 49.1 Å². The van der Waals surface area contributed by atoms with Crippen LogP contribution in [-0.2, 0) is 16.2 Å². The van der Waals surface area contributed by atoms with Gasteiger partial charge < -0.3 is 14.7 Å². The van der Waals surface area contributed by atoms with Crippen LogP contribution in [0.2, 0.25) is 0 Å². The number of aliphatic carboxylic acids is 1. The standard InChI is InChI=1S/C21H20N2O5/c1-2-10-27-15-8-9-16-17(11-15)18-12-22(19(16)20(24)25)21(26)23(18)28-13-14-6-4-3-5-7-14/h2-9,11,18-19H,1,10,12-13H2,(H,24,25). The number of carbonyl (C=O) groups excluding carboxylic acids is 1. The lowest BCUT2D eigenvalue weighted by Crippen LogP contribution is -2.38. The summed E-state index contributed by atoms with van der Waals surface area (Å²) in [4.78, 5) is 31.9. The van der Waals surface area contributed by atoms with Gasteiger partial charge in [0.25, 0.3) is 0 Å². The van der Waals surface area contributed by atoms with E-state index in [-0.39, 0.29) is 13.2 Å². The van der Waals surface area contributed by atoms with Crippen LogP contribution in [0.4, 0.5) is 4.79 Å². The topological polar surface area (TPSA) is 79.3 Å². The normalized spacial score (nSPS) is 20.1. The van der Waals surface area contributed by atoms with Gasteiger partial charge in [0.2, 0.25) is 0 Å². The van der Waals surface area contributed by atoms with E-state index in [0.717, 1.165) is 11.1 Å². The van der Waals surface area contributed by atoms with Crippen LogP contribution in [0.15, 0.2) is 61.2 Å². The number of carbonyl (C=O) groups is 2. The van der Waals surface area contributed by atoms with E-state index in [1.807, 2.05) is 30.3 Å². The molecular weight excluding hydrogens is 360 g/mol. The first-order valence-corrected chi connectivity index (χ1v) is 8.97. The van der Waals surface area contributed by atoms with Crippen LogP contribution < -0.4 is 4.74 Å². The van der Waals surface area contributed by atoms with E-state index in [9.17, 15) is 14.7 Å². The molecule has 2 amide bonds. The summed E-state index contributed by atoms with van der Waals surface area (Å²) >= 11 is 0. The Morgan fingerprint density at radius 1 is 1.21 bits per heavy atom. The third-order valence-corrected chi connectivity index (χ3v) is 4.93. The fraction of sp³-hybridized carbons (Fsp3) is 0.238. The highest BCUT2D eigenvalue weighted by molar-refractivity contribution is 5.87. The highest BCUT2D eigenvalue weighted by Gasteiger charge is 2.51. The molecule has 0 aromatic heterocycles. The molecule has 1 N–H and O–H groups in total. The molecule has 144 valence electrons. The van der Waals surface area contributed by atoms with Gasteiger partial charge in [0.15, 0.2) is 6.04 Å². The summed E-state index contributed by atoms with van der Waals surface area (Å²) in [6.07, 6.45) is 1.63. The summed E-state index contributed by atoms with van der Waals surface area (Å²) in [5.41, 5.74) is 2.22. The lowest BCUT2D eigenvalue weighted by Gasteiger charge is -2.30. The van der Waals surface area contributed by atoms with Crippen molar-refractivity contribution in [2.45, 2.75) is 18.7 Å². The Morgan fingerprint density at radius 2 is 2.00 bits per heavy atom. The van der Waals surface area contributed by atoms with Crippen molar-refractivity contribution in [3.8, 4) is 5.75 Å². The average molecular weight is 380 g/mol. The van der Waals surface area contributed by atoms with Crippen molar-refractivity contribution in [1.82, 2.24) is 9.96 Å². The third-order valence-electron chi connectivity index (χ3n) is 4.93. The minimum Gasteiger partial charge on any atom is -0.490 e. The van der Waals surface area contributed by atoms with Gasteiger partial charge in [-0.2, -0.15) is 5.06 Å². The third kappa shape index (κ3) is 3.10. The number of benzene rings is 2. The van der Waals surface area contributed by atoms with Gasteiger partial charge in [0.1, 0.15) is 25.0 Å². The zero-order valence-corrected chi connectivity index (χ0v) is 15.2. The molecule has 2 unspecified atom stereocenters. The van der Waals surface area contributed by atoms with Crippen LogP contribution in [0.1, 0.15) is 28.8 Å². The molecule has 2 heterocycles. The molecule has 2 aliphatic rings.